The van der Waals surface area contributed by atoms with Crippen LogP contribution in [0.2, 0.25) is 0 Å². The summed E-state index contributed by atoms with van der Waals surface area (Å²) >= 11 is 0. The van der Waals surface area contributed by atoms with Gasteiger partial charge in [-0.25, -0.2) is 9.50 Å². The Balaban J connectivity index is 1.35. The number of aromatic nitrogens is 6. The number of amides is 1. The minimum absolute atomic E-state index is 0.00699. The van der Waals surface area contributed by atoms with Gasteiger partial charge < -0.3 is 19.2 Å². The number of hydrogen-bond acceptors (Lipinski definition) is 7. The molecule has 2 aliphatic heterocycles. The van der Waals surface area contributed by atoms with Crippen LogP contribution in [-0.4, -0.2) is 60.2 Å². The minimum Gasteiger partial charge on any atom is -0.399 e. The average Bonchev–Trinajstić information content (AvgIpc) is 3.57. The van der Waals surface area contributed by atoms with Gasteiger partial charge in [-0.1, -0.05) is 18.1 Å². The first-order chi connectivity index (χ1) is 16.1. The second kappa shape index (κ2) is 7.72. The Bertz CT molecular complexity index is 1310. The summed E-state index contributed by atoms with van der Waals surface area (Å²) in [5.41, 5.74) is 4.70. The number of nitrogens with zero attached hydrogens (tertiary/aromatic N) is 7. The first-order valence-electron chi connectivity index (χ1n) is 11.4. The first kappa shape index (κ1) is 20.0. The quantitative estimate of drug-likeness (QED) is 0.515. The van der Waals surface area contributed by atoms with E-state index < -0.39 is 6.04 Å². The highest BCUT2D eigenvalue weighted by molar-refractivity contribution is 5.90. The number of carbonyl (C=O) groups is 1. The molecule has 10 heteroatoms. The number of rotatable bonds is 3. The highest BCUT2D eigenvalue weighted by Crippen LogP contribution is 2.34. The molecule has 4 aromatic heterocycles. The Labute approximate surface area is 190 Å². The molecule has 1 atom stereocenters. The van der Waals surface area contributed by atoms with Crippen molar-refractivity contribution in [2.45, 2.75) is 39.2 Å². The van der Waals surface area contributed by atoms with Gasteiger partial charge in [0.25, 0.3) is 0 Å². The van der Waals surface area contributed by atoms with E-state index in [4.69, 9.17) is 9.52 Å². The highest BCUT2D eigenvalue weighted by atomic mass is 16.4. The van der Waals surface area contributed by atoms with E-state index in [0.717, 1.165) is 54.1 Å². The average molecular weight is 447 g/mol. The van der Waals surface area contributed by atoms with Crippen molar-refractivity contribution in [1.82, 2.24) is 34.7 Å². The summed E-state index contributed by atoms with van der Waals surface area (Å²) in [6.07, 6.45) is 6.42. The fourth-order valence-corrected chi connectivity index (χ4v) is 4.86. The Morgan fingerprint density at radius 3 is 2.88 bits per heavy atom. The smallest absolute Gasteiger partial charge is 0.318 e. The maximum Gasteiger partial charge on any atom is 0.318 e. The van der Waals surface area contributed by atoms with Crippen LogP contribution in [0.5, 0.6) is 0 Å². The molecule has 6 heterocycles. The van der Waals surface area contributed by atoms with Gasteiger partial charge in [0, 0.05) is 37.9 Å². The van der Waals surface area contributed by atoms with Crippen LogP contribution in [0.4, 0.5) is 6.01 Å². The lowest BCUT2D eigenvalue weighted by Crippen LogP contribution is -2.41. The van der Waals surface area contributed by atoms with Crippen LogP contribution in [0.1, 0.15) is 59.1 Å². The molecule has 1 fully saturated rings. The highest BCUT2D eigenvalue weighted by Gasteiger charge is 2.38. The van der Waals surface area contributed by atoms with Crippen molar-refractivity contribution in [2.75, 3.05) is 24.5 Å². The van der Waals surface area contributed by atoms with E-state index in [-0.39, 0.29) is 11.8 Å². The van der Waals surface area contributed by atoms with E-state index in [1.54, 1.807) is 11.2 Å². The van der Waals surface area contributed by atoms with Crippen LogP contribution in [0.3, 0.4) is 0 Å². The lowest BCUT2D eigenvalue weighted by molar-refractivity contribution is 0.0646. The van der Waals surface area contributed by atoms with Gasteiger partial charge >= 0.3 is 17.8 Å². The Morgan fingerprint density at radius 1 is 1.21 bits per heavy atom. The molecule has 170 valence electrons. The van der Waals surface area contributed by atoms with Crippen LogP contribution < -0.4 is 4.90 Å². The summed E-state index contributed by atoms with van der Waals surface area (Å²) < 4.78 is 7.71. The molecule has 1 N–H and O–H groups in total. The van der Waals surface area contributed by atoms with Gasteiger partial charge in [0.1, 0.15) is 6.04 Å². The van der Waals surface area contributed by atoms with Crippen LogP contribution in [0.15, 0.2) is 35.1 Å². The number of anilines is 1. The van der Waals surface area contributed by atoms with Gasteiger partial charge in [-0.05, 0) is 43.4 Å². The molecule has 0 saturated carbocycles. The van der Waals surface area contributed by atoms with Gasteiger partial charge in [-0.2, -0.15) is 5.10 Å². The van der Waals surface area contributed by atoms with E-state index in [0.29, 0.717) is 24.9 Å². The largest absolute Gasteiger partial charge is 0.399 e. The minimum atomic E-state index is -0.432. The van der Waals surface area contributed by atoms with Crippen molar-refractivity contribution in [3.05, 3.63) is 59.3 Å². The molecule has 10 nitrogen and oxygen atoms in total. The van der Waals surface area contributed by atoms with Gasteiger partial charge in [0.2, 0.25) is 0 Å². The second-order valence-electron chi connectivity index (χ2n) is 9.07. The summed E-state index contributed by atoms with van der Waals surface area (Å²) in [5.74, 6) is 0.399. The van der Waals surface area contributed by atoms with Crippen LogP contribution in [0, 0.1) is 12.8 Å². The maximum atomic E-state index is 13.6. The maximum absolute atomic E-state index is 13.6. The van der Waals surface area contributed by atoms with Crippen molar-refractivity contribution >= 4 is 17.4 Å². The summed E-state index contributed by atoms with van der Waals surface area (Å²) in [4.78, 5) is 25.1. The predicted molar refractivity (Wildman–Crippen MR) is 120 cm³/mol. The number of aromatic amines is 1. The second-order valence-corrected chi connectivity index (χ2v) is 9.07. The number of nitrogens with one attached hydrogen (secondary N) is 1. The third-order valence-electron chi connectivity index (χ3n) is 6.85. The van der Waals surface area contributed by atoms with Crippen molar-refractivity contribution in [1.29, 1.82) is 0 Å². The molecular formula is C23H26N8O2. The number of imidazole rings is 1. The van der Waals surface area contributed by atoms with E-state index in [9.17, 15) is 4.79 Å². The summed E-state index contributed by atoms with van der Waals surface area (Å²) in [7, 11) is 0. The van der Waals surface area contributed by atoms with Crippen LogP contribution in [0.25, 0.3) is 5.52 Å². The third kappa shape index (κ3) is 3.37. The van der Waals surface area contributed by atoms with E-state index >= 15 is 0 Å². The van der Waals surface area contributed by atoms with Gasteiger partial charge in [-0.3, -0.25) is 4.79 Å². The van der Waals surface area contributed by atoms with Crippen molar-refractivity contribution < 1.29 is 9.21 Å². The normalized spacial score (nSPS) is 19.3. The monoisotopic (exact) mass is 446 g/mol. The van der Waals surface area contributed by atoms with Gasteiger partial charge in [0.15, 0.2) is 0 Å². The first-order valence-corrected chi connectivity index (χ1v) is 11.4. The zero-order valence-corrected chi connectivity index (χ0v) is 18.7. The predicted octanol–water partition coefficient (Wildman–Crippen LogP) is 2.77. The fourth-order valence-electron chi connectivity index (χ4n) is 4.86. The van der Waals surface area contributed by atoms with Crippen molar-refractivity contribution in [2.24, 2.45) is 5.92 Å². The lowest BCUT2D eigenvalue weighted by atomic mass is 9.99. The summed E-state index contributed by atoms with van der Waals surface area (Å²) in [6, 6.07) is 6.02. The molecule has 0 radical (unpaired) electrons. The zero-order chi connectivity index (χ0) is 22.5. The van der Waals surface area contributed by atoms with Crippen molar-refractivity contribution in [3.63, 3.8) is 0 Å². The zero-order valence-electron chi connectivity index (χ0n) is 18.7. The molecule has 0 unspecified atom stereocenters. The van der Waals surface area contributed by atoms with E-state index in [2.05, 4.69) is 32.0 Å². The molecule has 4 aromatic rings. The molecule has 0 aliphatic carbocycles. The lowest BCUT2D eigenvalue weighted by Gasteiger charge is -2.33. The summed E-state index contributed by atoms with van der Waals surface area (Å²) in [5, 5.41) is 13.1. The van der Waals surface area contributed by atoms with Gasteiger partial charge in [0.05, 0.1) is 23.2 Å². The standard InChI is InChI=1S/C23H26N8O2/c1-14-5-9-29(10-6-14)23-27-26-21(33-23)22(32)30-11-7-16-19(25-13-24-16)20(30)17-12-18-15(2)4-3-8-31(18)28-17/h3-4,8,12-14,20H,5-7,9-11H2,1-2H3,(H,24,25)/t20-/m1/s1. The molecule has 1 saturated heterocycles. The van der Waals surface area contributed by atoms with E-state index in [1.807, 2.05) is 35.8 Å². The SMILES string of the molecule is Cc1cccn2nc([C@@H]3c4nc[nH]c4CCN3C(=O)c3nnc(N4CCC(C)CC4)o3)cc12. The van der Waals surface area contributed by atoms with E-state index in [1.165, 1.54) is 0 Å². The third-order valence-corrected chi connectivity index (χ3v) is 6.85. The number of H-pyrrole nitrogens is 1. The number of hydrogen-bond donors (Lipinski definition) is 1. The molecule has 0 spiro atoms. The van der Waals surface area contributed by atoms with Crippen LogP contribution in [-0.2, 0) is 6.42 Å². The van der Waals surface area contributed by atoms with Gasteiger partial charge in [-0.15, -0.1) is 5.10 Å². The summed E-state index contributed by atoms with van der Waals surface area (Å²) in [6.45, 7) is 6.53. The van der Waals surface area contributed by atoms with Crippen LogP contribution >= 0.6 is 0 Å². The molecule has 33 heavy (non-hydrogen) atoms. The topological polar surface area (TPSA) is 108 Å². The Kier molecular flexibility index (Phi) is 4.67. The number of piperidine rings is 1. The van der Waals surface area contributed by atoms with Crippen molar-refractivity contribution in [3.8, 4) is 0 Å². The Morgan fingerprint density at radius 2 is 2.06 bits per heavy atom. The molecule has 6 rings (SSSR count). The molecule has 0 aromatic carbocycles. The molecular weight excluding hydrogens is 420 g/mol. The fraction of sp³-hybridized carbons (Fsp3) is 0.435. The number of pyridine rings is 1. The molecule has 1 amide bonds. The number of fused-ring (bicyclic) bond motifs is 2. The number of aryl methyl sites for hydroxylation is 1. The Hall–Kier alpha value is -3.69. The molecule has 0 bridgehead atoms. The number of carbonyl (C=O) groups excluding carboxylic acids is 1. The molecule has 2 aliphatic rings.